The first kappa shape index (κ1) is 23.7. The quantitative estimate of drug-likeness (QED) is 0.0868. The summed E-state index contributed by atoms with van der Waals surface area (Å²) in [7, 11) is 3.49. The number of unbranched alkanes of at least 4 members (excludes halogenated alkanes) is 2. The third-order valence-corrected chi connectivity index (χ3v) is 4.96. The first-order valence-corrected chi connectivity index (χ1v) is 13.1. The first-order valence-electron chi connectivity index (χ1n) is 8.38. The Kier molecular flexibility index (Phi) is 13.0. The molecule has 1 rings (SSSR count). The predicted molar refractivity (Wildman–Crippen MR) is 107 cm³/mol. The summed E-state index contributed by atoms with van der Waals surface area (Å²) in [5.74, 6) is 0. The summed E-state index contributed by atoms with van der Waals surface area (Å²) in [6.07, 6.45) is 0.518. The fourth-order valence-corrected chi connectivity index (χ4v) is 3.59. The number of rotatable bonds is 11. The van der Waals surface area contributed by atoms with E-state index in [1.54, 1.807) is 0 Å². The number of ether oxygens (including phenoxy) is 3. The Morgan fingerprint density at radius 1 is 1.32 bits per heavy atom. The van der Waals surface area contributed by atoms with Crippen LogP contribution in [0, 0.1) is 0 Å². The predicted octanol–water partition coefficient (Wildman–Crippen LogP) is 3.98. The van der Waals surface area contributed by atoms with Gasteiger partial charge in [0.1, 0.15) is 0 Å². The van der Waals surface area contributed by atoms with E-state index in [0.29, 0.717) is 13.2 Å². The van der Waals surface area contributed by atoms with E-state index in [4.69, 9.17) is 23.9 Å². The molecule has 25 heavy (non-hydrogen) atoms. The standard InChI is InChI=1S/C14H26IN3O5PS/c1-3-5-7-20-9-10-11(17-18-16)13(21-8-6-4-2)12(19)14(22-10)23-25(15)24/h10-14,19H,3-9H2,1-2H3/q-1/t10-,11+,12?,13?,14+/m1/s1. The molecule has 1 aliphatic rings. The van der Waals surface area contributed by atoms with E-state index in [0.717, 1.165) is 25.7 Å². The van der Waals surface area contributed by atoms with Crippen molar-refractivity contribution in [3.8, 4) is 0 Å². The average Bonchev–Trinajstić information content (AvgIpc) is 2.57. The minimum absolute atomic E-state index is 0.242. The van der Waals surface area contributed by atoms with Crippen molar-refractivity contribution in [1.82, 2.24) is 0 Å². The summed E-state index contributed by atoms with van der Waals surface area (Å²) in [5, 5.41) is 14.4. The Morgan fingerprint density at radius 2 is 2.00 bits per heavy atom. The average molecular weight is 506 g/mol. The van der Waals surface area contributed by atoms with Crippen molar-refractivity contribution in [2.24, 2.45) is 5.11 Å². The van der Waals surface area contributed by atoms with Gasteiger partial charge < -0.3 is 0 Å². The summed E-state index contributed by atoms with van der Waals surface area (Å²) in [6, 6.07) is -0.686. The number of nitrogens with zero attached hydrogens (tertiary/aromatic N) is 3. The molecule has 1 N–H and O–H groups in total. The molecule has 1 fully saturated rings. The van der Waals surface area contributed by atoms with Gasteiger partial charge in [-0.1, -0.05) is 0 Å². The van der Waals surface area contributed by atoms with Gasteiger partial charge in [0.15, 0.2) is 0 Å². The molecule has 0 aliphatic carbocycles. The van der Waals surface area contributed by atoms with Crippen molar-refractivity contribution in [2.45, 2.75) is 70.2 Å². The van der Waals surface area contributed by atoms with E-state index in [-0.39, 0.29) is 6.61 Å². The molecule has 0 aromatic carbocycles. The summed E-state index contributed by atoms with van der Waals surface area (Å²) in [4.78, 5) is 2.90. The monoisotopic (exact) mass is 506 g/mol. The van der Waals surface area contributed by atoms with Gasteiger partial charge in [-0.3, -0.25) is 0 Å². The fourth-order valence-electron chi connectivity index (χ4n) is 2.40. The van der Waals surface area contributed by atoms with Crippen molar-refractivity contribution in [3.63, 3.8) is 0 Å². The SMILES string of the molecule is CCCCOC[C@H]1O[C@@H](O[S-](#P)I)C(O)C(OCCCC)[C@H]1N=[N+]=[N-]. The molecule has 0 spiro atoms. The van der Waals surface area contributed by atoms with Crippen LogP contribution in [0.15, 0.2) is 5.11 Å². The maximum atomic E-state index is 10.6. The van der Waals surface area contributed by atoms with Crippen LogP contribution in [0.1, 0.15) is 39.5 Å². The van der Waals surface area contributed by atoms with Gasteiger partial charge in [-0.05, 0) is 0 Å². The molecule has 0 radical (unpaired) electrons. The maximum absolute atomic E-state index is 10.6. The molecule has 0 saturated carbocycles. The second-order valence-electron chi connectivity index (χ2n) is 5.65. The summed E-state index contributed by atoms with van der Waals surface area (Å²) in [5.41, 5.74) is 8.91. The van der Waals surface area contributed by atoms with E-state index in [2.05, 4.69) is 24.8 Å². The molecular formula is C14H26IN3O5PS-. The molecule has 1 aliphatic heterocycles. The van der Waals surface area contributed by atoms with Gasteiger partial charge in [0.2, 0.25) is 0 Å². The number of aliphatic hydroxyl groups is 1. The zero-order chi connectivity index (χ0) is 18.7. The van der Waals surface area contributed by atoms with Gasteiger partial charge in [0.05, 0.1) is 0 Å². The number of hydrogen-bond donors (Lipinski definition) is 1. The van der Waals surface area contributed by atoms with Crippen molar-refractivity contribution in [2.75, 3.05) is 19.8 Å². The Balaban J connectivity index is 2.88. The molecule has 0 bridgehead atoms. The second-order valence-corrected chi connectivity index (χ2v) is 11.7. The zero-order valence-corrected chi connectivity index (χ0v) is 18.4. The van der Waals surface area contributed by atoms with Crippen LogP contribution in [0.4, 0.5) is 0 Å². The summed E-state index contributed by atoms with van der Waals surface area (Å²) < 4.78 is 22.8. The van der Waals surface area contributed by atoms with Gasteiger partial charge in [0, 0.05) is 0 Å². The number of aliphatic hydroxyl groups excluding tert-OH is 1. The number of halogens is 1. The Morgan fingerprint density at radius 3 is 2.60 bits per heavy atom. The van der Waals surface area contributed by atoms with Crippen LogP contribution in [0.5, 0.6) is 0 Å². The van der Waals surface area contributed by atoms with E-state index < -0.39 is 38.0 Å². The van der Waals surface area contributed by atoms with Crippen LogP contribution < -0.4 is 0 Å². The Hall–Kier alpha value is 0.620. The van der Waals surface area contributed by atoms with Crippen LogP contribution in [0.3, 0.4) is 0 Å². The molecule has 0 aromatic rings. The van der Waals surface area contributed by atoms with Crippen LogP contribution in [0.25, 0.3) is 10.4 Å². The van der Waals surface area contributed by atoms with Crippen molar-refractivity contribution >= 4 is 36.3 Å². The number of hydrogen-bond acceptors (Lipinski definition) is 7. The van der Waals surface area contributed by atoms with Gasteiger partial charge in [-0.15, -0.1) is 0 Å². The van der Waals surface area contributed by atoms with E-state index in [9.17, 15) is 5.11 Å². The topological polar surface area (TPSA) is 106 Å². The normalized spacial score (nSPS) is 29.5. The van der Waals surface area contributed by atoms with Gasteiger partial charge in [-0.25, -0.2) is 0 Å². The first-order chi connectivity index (χ1) is 12.0. The number of azide groups is 1. The van der Waals surface area contributed by atoms with Gasteiger partial charge in [0.25, 0.3) is 0 Å². The summed E-state index contributed by atoms with van der Waals surface area (Å²) >= 11 is 1.99. The van der Waals surface area contributed by atoms with Crippen LogP contribution in [0.2, 0.25) is 0 Å². The van der Waals surface area contributed by atoms with Crippen molar-refractivity contribution in [1.29, 1.82) is 0 Å². The Labute approximate surface area is 165 Å². The zero-order valence-electron chi connectivity index (χ0n) is 14.5. The van der Waals surface area contributed by atoms with E-state index in [1.807, 2.05) is 28.1 Å². The van der Waals surface area contributed by atoms with Crippen LogP contribution >= 0.6 is 29.0 Å². The molecular weight excluding hydrogens is 480 g/mol. The minimum atomic E-state index is -1.07. The molecule has 11 heteroatoms. The molecule has 5 atom stereocenters. The third-order valence-electron chi connectivity index (χ3n) is 3.73. The van der Waals surface area contributed by atoms with E-state index in [1.165, 1.54) is 0 Å². The molecule has 146 valence electrons. The van der Waals surface area contributed by atoms with Crippen molar-refractivity contribution in [3.05, 3.63) is 10.4 Å². The van der Waals surface area contributed by atoms with Crippen molar-refractivity contribution < 1.29 is 23.5 Å². The molecule has 8 nitrogen and oxygen atoms in total. The van der Waals surface area contributed by atoms with Gasteiger partial charge in [-0.2, -0.15) is 0 Å². The molecule has 0 amide bonds. The molecule has 1 saturated heterocycles. The second kappa shape index (κ2) is 13.7. The van der Waals surface area contributed by atoms with Crippen LogP contribution in [-0.4, -0.2) is 55.6 Å². The van der Waals surface area contributed by atoms with E-state index >= 15 is 0 Å². The third kappa shape index (κ3) is 8.45. The molecule has 2 unspecified atom stereocenters. The fraction of sp³-hybridized carbons (Fsp3) is 1.00. The summed E-state index contributed by atoms with van der Waals surface area (Å²) in [6.45, 7) is 5.43. The Bertz CT molecular complexity index is 503. The van der Waals surface area contributed by atoms with Gasteiger partial charge >= 0.3 is 165 Å². The molecule has 1 heterocycles. The molecule has 0 aromatic heterocycles. The van der Waals surface area contributed by atoms with Crippen LogP contribution in [-0.2, 0) is 25.7 Å².